The van der Waals surface area contributed by atoms with Gasteiger partial charge in [-0.05, 0) is 37.0 Å². The van der Waals surface area contributed by atoms with E-state index in [1.165, 1.54) is 12.1 Å². The number of halogens is 1. The maximum absolute atomic E-state index is 12.8. The molecule has 0 radical (unpaired) electrons. The molecule has 1 fully saturated rings. The van der Waals surface area contributed by atoms with Crippen LogP contribution in [0.1, 0.15) is 24.8 Å². The molecule has 0 saturated heterocycles. The summed E-state index contributed by atoms with van der Waals surface area (Å²) in [6.07, 6.45) is 0.798. The molecular formula is C14H15FN2O. The van der Waals surface area contributed by atoms with E-state index in [2.05, 4.69) is 0 Å². The van der Waals surface area contributed by atoms with E-state index in [1.807, 2.05) is 13.0 Å². The molecule has 0 unspecified atom stereocenters. The topological polar surface area (TPSA) is 44.1 Å². The number of nitriles is 1. The van der Waals surface area contributed by atoms with Crippen molar-refractivity contribution in [3.8, 4) is 6.07 Å². The third-order valence-electron chi connectivity index (χ3n) is 3.36. The first kappa shape index (κ1) is 12.6. The molecule has 94 valence electrons. The zero-order valence-corrected chi connectivity index (χ0v) is 10.3. The van der Waals surface area contributed by atoms with Gasteiger partial charge < -0.3 is 4.90 Å². The Morgan fingerprint density at radius 3 is 2.72 bits per heavy atom. The average molecular weight is 246 g/mol. The number of benzene rings is 1. The molecule has 0 aliphatic heterocycles. The predicted octanol–water partition coefficient (Wildman–Crippen LogP) is 2.30. The van der Waals surface area contributed by atoms with Crippen LogP contribution < -0.4 is 0 Å². The van der Waals surface area contributed by atoms with Gasteiger partial charge in [-0.15, -0.1) is 0 Å². The van der Waals surface area contributed by atoms with E-state index in [-0.39, 0.29) is 30.1 Å². The summed E-state index contributed by atoms with van der Waals surface area (Å²) < 4.78 is 12.8. The van der Waals surface area contributed by atoms with Gasteiger partial charge in [-0.2, -0.15) is 5.26 Å². The summed E-state index contributed by atoms with van der Waals surface area (Å²) >= 11 is 0. The molecule has 4 heteroatoms. The minimum Gasteiger partial charge on any atom is -0.329 e. The SMILES string of the molecule is CCN(CC#N)C(=O)[C@@H]1C[C@H]1c1ccc(F)cc1. The lowest BCUT2D eigenvalue weighted by atomic mass is 10.1. The highest BCUT2D eigenvalue weighted by Crippen LogP contribution is 2.48. The number of amides is 1. The van der Waals surface area contributed by atoms with Crippen molar-refractivity contribution in [1.82, 2.24) is 4.90 Å². The Kier molecular flexibility index (Phi) is 3.61. The summed E-state index contributed by atoms with van der Waals surface area (Å²) in [5.41, 5.74) is 1.00. The molecular weight excluding hydrogens is 231 g/mol. The molecule has 2 rings (SSSR count). The number of hydrogen-bond acceptors (Lipinski definition) is 2. The molecule has 0 spiro atoms. The molecule has 2 atom stereocenters. The first-order chi connectivity index (χ1) is 8.67. The Balaban J connectivity index is 2.00. The van der Waals surface area contributed by atoms with Gasteiger partial charge >= 0.3 is 0 Å². The van der Waals surface area contributed by atoms with Crippen molar-refractivity contribution in [1.29, 1.82) is 5.26 Å². The van der Waals surface area contributed by atoms with Crippen molar-refractivity contribution in [2.45, 2.75) is 19.3 Å². The minimum atomic E-state index is -0.262. The fraction of sp³-hybridized carbons (Fsp3) is 0.429. The van der Waals surface area contributed by atoms with E-state index in [0.29, 0.717) is 6.54 Å². The van der Waals surface area contributed by atoms with Crippen molar-refractivity contribution in [3.63, 3.8) is 0 Å². The van der Waals surface area contributed by atoms with Crippen LogP contribution in [0.2, 0.25) is 0 Å². The van der Waals surface area contributed by atoms with Crippen molar-refractivity contribution in [2.75, 3.05) is 13.1 Å². The Hall–Kier alpha value is -1.89. The lowest BCUT2D eigenvalue weighted by Gasteiger charge is -2.17. The van der Waals surface area contributed by atoms with E-state index in [1.54, 1.807) is 17.0 Å². The van der Waals surface area contributed by atoms with E-state index < -0.39 is 0 Å². The number of nitrogens with zero attached hydrogens (tertiary/aromatic N) is 2. The summed E-state index contributed by atoms with van der Waals surface area (Å²) in [7, 11) is 0. The predicted molar refractivity (Wildman–Crippen MR) is 65.1 cm³/mol. The lowest BCUT2D eigenvalue weighted by molar-refractivity contribution is -0.131. The molecule has 1 aromatic rings. The Morgan fingerprint density at radius 2 is 2.17 bits per heavy atom. The van der Waals surface area contributed by atoms with Gasteiger partial charge in [0.05, 0.1) is 6.07 Å². The molecule has 0 N–H and O–H groups in total. The summed E-state index contributed by atoms with van der Waals surface area (Å²) in [4.78, 5) is 13.6. The first-order valence-corrected chi connectivity index (χ1v) is 6.08. The largest absolute Gasteiger partial charge is 0.329 e. The molecule has 0 bridgehead atoms. The lowest BCUT2D eigenvalue weighted by Crippen LogP contribution is -2.32. The first-order valence-electron chi connectivity index (χ1n) is 6.08. The number of hydrogen-bond donors (Lipinski definition) is 0. The van der Waals surface area contributed by atoms with Crippen molar-refractivity contribution in [2.24, 2.45) is 5.92 Å². The Morgan fingerprint density at radius 1 is 1.50 bits per heavy atom. The second-order valence-corrected chi connectivity index (χ2v) is 4.51. The van der Waals surface area contributed by atoms with E-state index >= 15 is 0 Å². The van der Waals surface area contributed by atoms with Crippen LogP contribution in [-0.4, -0.2) is 23.9 Å². The van der Waals surface area contributed by atoms with Crippen LogP contribution >= 0.6 is 0 Å². The quantitative estimate of drug-likeness (QED) is 0.765. The molecule has 0 aromatic heterocycles. The van der Waals surface area contributed by atoms with Crippen molar-refractivity contribution < 1.29 is 9.18 Å². The van der Waals surface area contributed by atoms with Crippen LogP contribution in [-0.2, 0) is 4.79 Å². The zero-order chi connectivity index (χ0) is 13.1. The van der Waals surface area contributed by atoms with Crippen molar-refractivity contribution in [3.05, 3.63) is 35.6 Å². The van der Waals surface area contributed by atoms with Crippen LogP contribution in [0.4, 0.5) is 4.39 Å². The highest BCUT2D eigenvalue weighted by molar-refractivity contribution is 5.83. The number of rotatable bonds is 4. The van der Waals surface area contributed by atoms with E-state index in [9.17, 15) is 9.18 Å². The van der Waals surface area contributed by atoms with Crippen molar-refractivity contribution >= 4 is 5.91 Å². The molecule has 0 heterocycles. The summed E-state index contributed by atoms with van der Waals surface area (Å²) in [5, 5.41) is 8.65. The third kappa shape index (κ3) is 2.51. The normalized spacial score (nSPS) is 21.2. The maximum atomic E-state index is 12.8. The smallest absolute Gasteiger partial charge is 0.227 e. The molecule has 3 nitrogen and oxygen atoms in total. The Bertz CT molecular complexity index is 478. The van der Waals surface area contributed by atoms with Gasteiger partial charge in [0, 0.05) is 12.5 Å². The van der Waals surface area contributed by atoms with E-state index in [4.69, 9.17) is 5.26 Å². The van der Waals surface area contributed by atoms with Gasteiger partial charge in [0.15, 0.2) is 0 Å². The standard InChI is InChI=1S/C14H15FN2O/c1-2-17(8-7-16)14(18)13-9-12(13)10-3-5-11(15)6-4-10/h3-6,12-13H,2,8-9H2,1H3/t12-,13+/m0/s1. The molecule has 1 saturated carbocycles. The summed E-state index contributed by atoms with van der Waals surface area (Å²) in [6.45, 7) is 2.56. The Labute approximate surface area is 106 Å². The van der Waals surface area contributed by atoms with Gasteiger partial charge in [0.1, 0.15) is 12.4 Å². The fourth-order valence-electron chi connectivity index (χ4n) is 2.21. The fourth-order valence-corrected chi connectivity index (χ4v) is 2.21. The van der Waals surface area contributed by atoms with E-state index in [0.717, 1.165) is 12.0 Å². The molecule has 1 aliphatic carbocycles. The van der Waals surface area contributed by atoms with Crippen LogP contribution in [0, 0.1) is 23.1 Å². The number of carbonyl (C=O) groups excluding carboxylic acids is 1. The molecule has 18 heavy (non-hydrogen) atoms. The summed E-state index contributed by atoms with van der Waals surface area (Å²) in [5.74, 6) is -0.0788. The van der Waals surface area contributed by atoms with Crippen LogP contribution in [0.3, 0.4) is 0 Å². The molecule has 1 aromatic carbocycles. The zero-order valence-electron chi connectivity index (χ0n) is 10.3. The number of carbonyl (C=O) groups is 1. The average Bonchev–Trinajstić information content (AvgIpc) is 3.16. The highest BCUT2D eigenvalue weighted by atomic mass is 19.1. The van der Waals surface area contributed by atoms with Gasteiger partial charge in [-0.25, -0.2) is 4.39 Å². The van der Waals surface area contributed by atoms with Gasteiger partial charge in [-0.1, -0.05) is 12.1 Å². The second kappa shape index (κ2) is 5.18. The molecule has 1 aliphatic rings. The molecule has 1 amide bonds. The van der Waals surface area contributed by atoms with Crippen LogP contribution in [0.25, 0.3) is 0 Å². The monoisotopic (exact) mass is 246 g/mol. The maximum Gasteiger partial charge on any atom is 0.227 e. The summed E-state index contributed by atoms with van der Waals surface area (Å²) in [6, 6.07) is 8.30. The highest BCUT2D eigenvalue weighted by Gasteiger charge is 2.45. The third-order valence-corrected chi connectivity index (χ3v) is 3.36. The van der Waals surface area contributed by atoms with Gasteiger partial charge in [0.25, 0.3) is 0 Å². The van der Waals surface area contributed by atoms with Gasteiger partial charge in [-0.3, -0.25) is 4.79 Å². The second-order valence-electron chi connectivity index (χ2n) is 4.51. The van der Waals surface area contributed by atoms with Crippen LogP contribution in [0.5, 0.6) is 0 Å². The van der Waals surface area contributed by atoms with Crippen LogP contribution in [0.15, 0.2) is 24.3 Å². The van der Waals surface area contributed by atoms with Gasteiger partial charge in [0.2, 0.25) is 5.91 Å². The minimum absolute atomic E-state index is 0.0355.